The lowest BCUT2D eigenvalue weighted by molar-refractivity contribution is -0.127. The van der Waals surface area contributed by atoms with Crippen LogP contribution in [0, 0.1) is 0 Å². The molecule has 3 nitrogen and oxygen atoms in total. The van der Waals surface area contributed by atoms with Gasteiger partial charge in [-0.15, -0.1) is 11.6 Å². The van der Waals surface area contributed by atoms with Crippen LogP contribution in [0.15, 0.2) is 36.5 Å². The lowest BCUT2D eigenvalue weighted by Gasteiger charge is -2.15. The number of carbonyl (C=O) groups excluding carboxylic acids is 1. The van der Waals surface area contributed by atoms with E-state index in [0.29, 0.717) is 19.5 Å². The van der Waals surface area contributed by atoms with E-state index in [9.17, 15) is 4.79 Å². The topological polar surface area (TPSA) is 33.2 Å². The number of pyridine rings is 1. The van der Waals surface area contributed by atoms with Gasteiger partial charge in [0, 0.05) is 43.2 Å². The average Bonchev–Trinajstić information content (AvgIpc) is 2.74. The Morgan fingerprint density at radius 3 is 2.95 bits per heavy atom. The Labute approximate surface area is 117 Å². The van der Waals surface area contributed by atoms with Gasteiger partial charge < -0.3 is 4.90 Å². The maximum atomic E-state index is 11.7. The second-order valence-corrected chi connectivity index (χ2v) is 5.49. The fourth-order valence-electron chi connectivity index (χ4n) is 2.56. The van der Waals surface area contributed by atoms with E-state index in [2.05, 4.69) is 17.1 Å². The van der Waals surface area contributed by atoms with E-state index in [1.807, 2.05) is 29.3 Å². The summed E-state index contributed by atoms with van der Waals surface area (Å²) >= 11 is 6.00. The molecule has 1 unspecified atom stereocenters. The standard InChI is InChI=1S/C15H15ClN2O/c16-12-9-15(19)18(10-12)8-6-14-13-4-2-1-3-11(13)5-7-17-14/h1-5,7,12H,6,8-10H2. The first-order chi connectivity index (χ1) is 9.24. The molecule has 1 aliphatic rings. The Morgan fingerprint density at radius 1 is 1.32 bits per heavy atom. The molecule has 0 spiro atoms. The van der Waals surface area contributed by atoms with E-state index in [-0.39, 0.29) is 11.3 Å². The molecule has 4 heteroatoms. The van der Waals surface area contributed by atoms with Crippen LogP contribution in [-0.4, -0.2) is 34.3 Å². The summed E-state index contributed by atoms with van der Waals surface area (Å²) in [4.78, 5) is 18.0. The summed E-state index contributed by atoms with van der Waals surface area (Å²) in [7, 11) is 0. The number of carbonyl (C=O) groups is 1. The number of nitrogens with zero attached hydrogens (tertiary/aromatic N) is 2. The number of hydrogen-bond acceptors (Lipinski definition) is 2. The minimum atomic E-state index is -0.0343. The molecule has 2 aromatic rings. The molecule has 98 valence electrons. The third-order valence-electron chi connectivity index (χ3n) is 3.54. The monoisotopic (exact) mass is 274 g/mol. The van der Waals surface area contributed by atoms with E-state index in [1.165, 1.54) is 10.8 Å². The van der Waals surface area contributed by atoms with Crippen LogP contribution in [0.5, 0.6) is 0 Å². The van der Waals surface area contributed by atoms with Gasteiger partial charge in [0.25, 0.3) is 0 Å². The summed E-state index contributed by atoms with van der Waals surface area (Å²) in [6.45, 7) is 1.36. The number of rotatable bonds is 3. The van der Waals surface area contributed by atoms with E-state index < -0.39 is 0 Å². The molecule has 0 bridgehead atoms. The minimum Gasteiger partial charge on any atom is -0.341 e. The zero-order valence-corrected chi connectivity index (χ0v) is 11.3. The molecule has 1 amide bonds. The van der Waals surface area contributed by atoms with Crippen molar-refractivity contribution in [2.24, 2.45) is 0 Å². The highest BCUT2D eigenvalue weighted by atomic mass is 35.5. The molecule has 1 saturated heterocycles. The summed E-state index contributed by atoms with van der Waals surface area (Å²) in [6, 6.07) is 10.2. The number of hydrogen-bond donors (Lipinski definition) is 0. The van der Waals surface area contributed by atoms with Crippen molar-refractivity contribution in [1.29, 1.82) is 0 Å². The molecule has 1 atom stereocenters. The molecule has 1 aromatic carbocycles. The van der Waals surface area contributed by atoms with Gasteiger partial charge in [-0.25, -0.2) is 0 Å². The summed E-state index contributed by atoms with van der Waals surface area (Å²) in [5.74, 6) is 0.153. The van der Waals surface area contributed by atoms with Crippen molar-refractivity contribution in [2.45, 2.75) is 18.2 Å². The zero-order chi connectivity index (χ0) is 13.2. The molecule has 2 heterocycles. The fraction of sp³-hybridized carbons (Fsp3) is 0.333. The SMILES string of the molecule is O=C1CC(Cl)CN1CCc1nccc2ccccc12. The minimum absolute atomic E-state index is 0.0343. The van der Waals surface area contributed by atoms with Crippen LogP contribution in [0.25, 0.3) is 10.8 Å². The number of fused-ring (bicyclic) bond motifs is 1. The van der Waals surface area contributed by atoms with Crippen molar-refractivity contribution >= 4 is 28.3 Å². The highest BCUT2D eigenvalue weighted by Crippen LogP contribution is 2.19. The summed E-state index contributed by atoms with van der Waals surface area (Å²) in [6.07, 6.45) is 3.06. The lowest BCUT2D eigenvalue weighted by atomic mass is 10.1. The quantitative estimate of drug-likeness (QED) is 0.806. The lowest BCUT2D eigenvalue weighted by Crippen LogP contribution is -2.27. The first-order valence-corrected chi connectivity index (χ1v) is 6.92. The van der Waals surface area contributed by atoms with Gasteiger partial charge >= 0.3 is 0 Å². The molecule has 1 aromatic heterocycles. The number of amides is 1. The Bertz CT molecular complexity index is 609. The van der Waals surface area contributed by atoms with Crippen LogP contribution >= 0.6 is 11.6 Å². The van der Waals surface area contributed by atoms with Crippen LogP contribution < -0.4 is 0 Å². The maximum absolute atomic E-state index is 11.7. The third kappa shape index (κ3) is 2.56. The van der Waals surface area contributed by atoms with E-state index in [4.69, 9.17) is 11.6 Å². The second-order valence-electron chi connectivity index (χ2n) is 4.87. The van der Waals surface area contributed by atoms with Crippen molar-refractivity contribution in [3.05, 3.63) is 42.2 Å². The number of halogens is 1. The van der Waals surface area contributed by atoms with E-state index in [1.54, 1.807) is 0 Å². The summed E-state index contributed by atoms with van der Waals surface area (Å²) < 4.78 is 0. The van der Waals surface area contributed by atoms with Crippen LogP contribution in [0.2, 0.25) is 0 Å². The Morgan fingerprint density at radius 2 is 2.16 bits per heavy atom. The smallest absolute Gasteiger partial charge is 0.224 e. The zero-order valence-electron chi connectivity index (χ0n) is 10.6. The van der Waals surface area contributed by atoms with E-state index >= 15 is 0 Å². The van der Waals surface area contributed by atoms with Crippen molar-refractivity contribution < 1.29 is 4.79 Å². The predicted octanol–water partition coefficient (Wildman–Crippen LogP) is 2.62. The average molecular weight is 275 g/mol. The van der Waals surface area contributed by atoms with Crippen LogP contribution in [-0.2, 0) is 11.2 Å². The summed E-state index contributed by atoms with van der Waals surface area (Å²) in [5, 5.41) is 2.32. The van der Waals surface area contributed by atoms with Crippen molar-refractivity contribution in [2.75, 3.05) is 13.1 Å². The van der Waals surface area contributed by atoms with Gasteiger partial charge in [0.2, 0.25) is 5.91 Å². The Balaban J connectivity index is 1.77. The van der Waals surface area contributed by atoms with Crippen molar-refractivity contribution in [3.8, 4) is 0 Å². The molecule has 0 radical (unpaired) electrons. The highest BCUT2D eigenvalue weighted by molar-refractivity contribution is 6.22. The number of likely N-dealkylation sites (tertiary alicyclic amines) is 1. The van der Waals surface area contributed by atoms with Crippen molar-refractivity contribution in [1.82, 2.24) is 9.88 Å². The van der Waals surface area contributed by atoms with Gasteiger partial charge in [-0.1, -0.05) is 24.3 Å². The van der Waals surface area contributed by atoms with Gasteiger partial charge in [0.05, 0.1) is 5.38 Å². The summed E-state index contributed by atoms with van der Waals surface area (Å²) in [5.41, 5.74) is 1.05. The molecular formula is C15H15ClN2O. The van der Waals surface area contributed by atoms with Crippen LogP contribution in [0.3, 0.4) is 0 Å². The normalized spacial score (nSPS) is 19.3. The van der Waals surface area contributed by atoms with Crippen LogP contribution in [0.4, 0.5) is 0 Å². The first-order valence-electron chi connectivity index (χ1n) is 6.48. The van der Waals surface area contributed by atoms with Crippen LogP contribution in [0.1, 0.15) is 12.1 Å². The molecule has 0 saturated carbocycles. The predicted molar refractivity (Wildman–Crippen MR) is 76.3 cm³/mol. The number of alkyl halides is 1. The first kappa shape index (κ1) is 12.4. The molecule has 1 fully saturated rings. The molecular weight excluding hydrogens is 260 g/mol. The van der Waals surface area contributed by atoms with Crippen molar-refractivity contribution in [3.63, 3.8) is 0 Å². The number of aromatic nitrogens is 1. The maximum Gasteiger partial charge on any atom is 0.224 e. The number of benzene rings is 1. The fourth-order valence-corrected chi connectivity index (χ4v) is 2.86. The Hall–Kier alpha value is -1.61. The van der Waals surface area contributed by atoms with Gasteiger partial charge in [-0.3, -0.25) is 9.78 Å². The van der Waals surface area contributed by atoms with Gasteiger partial charge in [-0.05, 0) is 11.5 Å². The largest absolute Gasteiger partial charge is 0.341 e. The van der Waals surface area contributed by atoms with Gasteiger partial charge in [-0.2, -0.15) is 0 Å². The molecule has 0 aliphatic carbocycles. The molecule has 0 N–H and O–H groups in total. The highest BCUT2D eigenvalue weighted by Gasteiger charge is 2.27. The van der Waals surface area contributed by atoms with Gasteiger partial charge in [0.15, 0.2) is 0 Å². The van der Waals surface area contributed by atoms with Gasteiger partial charge in [0.1, 0.15) is 0 Å². The molecule has 3 rings (SSSR count). The molecule has 1 aliphatic heterocycles. The molecule has 19 heavy (non-hydrogen) atoms. The second kappa shape index (κ2) is 5.17. The third-order valence-corrected chi connectivity index (χ3v) is 3.83. The van der Waals surface area contributed by atoms with E-state index in [0.717, 1.165) is 12.1 Å². The Kier molecular flexibility index (Phi) is 3.38.